The van der Waals surface area contributed by atoms with Gasteiger partial charge in [0.05, 0.1) is 12.3 Å². The SMILES string of the molecule is C=CCC[C@@](OCc1ccccc1)(c1nnc(-c2[nH]c(=O)c(C)cc2NC(=O)OC(C)(C)C)o1)C(F)(F)F. The van der Waals surface area contributed by atoms with Crippen LogP contribution in [0.3, 0.4) is 0 Å². The number of benzene rings is 1. The van der Waals surface area contributed by atoms with Crippen LogP contribution in [-0.2, 0) is 21.7 Å². The second kappa shape index (κ2) is 11.2. The number of nitrogens with one attached hydrogen (secondary N) is 2. The van der Waals surface area contributed by atoms with E-state index in [1.807, 2.05) is 0 Å². The molecule has 1 aromatic carbocycles. The fraction of sp³-hybridized carbons (Fsp3) is 0.385. The highest BCUT2D eigenvalue weighted by atomic mass is 19.4. The van der Waals surface area contributed by atoms with Gasteiger partial charge in [0.1, 0.15) is 11.3 Å². The summed E-state index contributed by atoms with van der Waals surface area (Å²) in [5, 5.41) is 9.89. The van der Waals surface area contributed by atoms with Gasteiger partial charge in [-0.05, 0) is 52.2 Å². The van der Waals surface area contributed by atoms with Crippen molar-refractivity contribution in [3.05, 3.63) is 76.4 Å². The lowest BCUT2D eigenvalue weighted by Gasteiger charge is -2.32. The topological polar surface area (TPSA) is 119 Å². The highest BCUT2D eigenvalue weighted by molar-refractivity contribution is 5.89. The van der Waals surface area contributed by atoms with Gasteiger partial charge in [0, 0.05) is 5.56 Å². The number of hydrogen-bond donors (Lipinski definition) is 2. The molecule has 0 saturated heterocycles. The number of carbonyl (C=O) groups excluding carboxylic acids is 1. The summed E-state index contributed by atoms with van der Waals surface area (Å²) in [5.41, 5.74) is -3.82. The molecule has 0 saturated carbocycles. The van der Waals surface area contributed by atoms with E-state index in [1.54, 1.807) is 51.1 Å². The number of amides is 1. The summed E-state index contributed by atoms with van der Waals surface area (Å²) in [4.78, 5) is 27.2. The molecule has 204 valence electrons. The van der Waals surface area contributed by atoms with Crippen LogP contribution in [0.5, 0.6) is 0 Å². The van der Waals surface area contributed by atoms with Crippen molar-refractivity contribution >= 4 is 11.8 Å². The van der Waals surface area contributed by atoms with Crippen LogP contribution in [0.2, 0.25) is 0 Å². The molecule has 2 N–H and O–H groups in total. The fourth-order valence-electron chi connectivity index (χ4n) is 3.47. The third-order valence-electron chi connectivity index (χ3n) is 5.33. The van der Waals surface area contributed by atoms with Gasteiger partial charge in [-0.1, -0.05) is 36.4 Å². The Morgan fingerprint density at radius 2 is 1.87 bits per heavy atom. The van der Waals surface area contributed by atoms with E-state index < -0.39 is 47.2 Å². The van der Waals surface area contributed by atoms with Crippen LogP contribution in [0.15, 0.2) is 58.3 Å². The molecule has 38 heavy (non-hydrogen) atoms. The predicted molar refractivity (Wildman–Crippen MR) is 133 cm³/mol. The lowest BCUT2D eigenvalue weighted by atomic mass is 9.96. The highest BCUT2D eigenvalue weighted by Gasteiger charge is 2.61. The van der Waals surface area contributed by atoms with E-state index >= 15 is 0 Å². The van der Waals surface area contributed by atoms with Gasteiger partial charge in [-0.15, -0.1) is 16.8 Å². The number of halogens is 3. The number of H-pyrrole nitrogens is 1. The molecule has 0 bridgehead atoms. The van der Waals surface area contributed by atoms with Gasteiger partial charge in [-0.2, -0.15) is 13.2 Å². The number of rotatable bonds is 9. The van der Waals surface area contributed by atoms with Gasteiger partial charge in [-0.25, -0.2) is 4.79 Å². The smallest absolute Gasteiger partial charge is 0.426 e. The standard InChI is InChI=1S/C26H29F3N4O5/c1-6-7-13-25(26(27,28)29,36-15-17-11-9-8-10-12-17)22-33-32-21(37-22)19-18(14-16(2)20(34)31-19)30-23(35)38-24(3,4)5/h6,8-12,14H,1,7,13,15H2,2-5H3,(H,30,35)(H,31,34)/t25-/m1/s1. The van der Waals surface area contributed by atoms with E-state index in [2.05, 4.69) is 27.1 Å². The quantitative estimate of drug-likeness (QED) is 0.322. The molecule has 0 unspecified atom stereocenters. The van der Waals surface area contributed by atoms with Crippen molar-refractivity contribution in [2.75, 3.05) is 5.32 Å². The molecule has 1 atom stereocenters. The van der Waals surface area contributed by atoms with Crippen molar-refractivity contribution < 1.29 is 31.9 Å². The number of alkyl halides is 3. The summed E-state index contributed by atoms with van der Waals surface area (Å²) in [6, 6.07) is 9.65. The van der Waals surface area contributed by atoms with Crippen molar-refractivity contribution in [3.8, 4) is 11.6 Å². The molecule has 2 heterocycles. The van der Waals surface area contributed by atoms with E-state index in [4.69, 9.17) is 13.9 Å². The summed E-state index contributed by atoms with van der Waals surface area (Å²) >= 11 is 0. The minimum atomic E-state index is -4.95. The van der Waals surface area contributed by atoms with E-state index in [1.165, 1.54) is 19.1 Å². The minimum absolute atomic E-state index is 0.000420. The van der Waals surface area contributed by atoms with Crippen LogP contribution in [0, 0.1) is 6.92 Å². The van der Waals surface area contributed by atoms with Crippen LogP contribution in [0.1, 0.15) is 50.6 Å². The number of hydrogen-bond acceptors (Lipinski definition) is 7. The van der Waals surface area contributed by atoms with Gasteiger partial charge in [-0.3, -0.25) is 10.1 Å². The highest BCUT2D eigenvalue weighted by Crippen LogP contribution is 2.46. The van der Waals surface area contributed by atoms with Crippen molar-refractivity contribution in [2.24, 2.45) is 0 Å². The van der Waals surface area contributed by atoms with E-state index in [9.17, 15) is 22.8 Å². The molecule has 12 heteroatoms. The molecular weight excluding hydrogens is 505 g/mol. The van der Waals surface area contributed by atoms with Crippen LogP contribution in [0.25, 0.3) is 11.6 Å². The Kier molecular flexibility index (Phi) is 8.45. The van der Waals surface area contributed by atoms with Crippen LogP contribution in [-0.4, -0.2) is 33.1 Å². The molecule has 0 aliphatic carbocycles. The Labute approximate surface area is 217 Å². The Bertz CT molecular complexity index is 1330. The third-order valence-corrected chi connectivity index (χ3v) is 5.33. The third kappa shape index (κ3) is 6.68. The molecule has 0 fully saturated rings. The molecule has 1 amide bonds. The van der Waals surface area contributed by atoms with Gasteiger partial charge in [0.2, 0.25) is 5.60 Å². The van der Waals surface area contributed by atoms with Gasteiger partial charge in [0.25, 0.3) is 17.3 Å². The maximum absolute atomic E-state index is 14.6. The Morgan fingerprint density at radius 1 is 1.18 bits per heavy atom. The molecule has 0 aliphatic rings. The first kappa shape index (κ1) is 28.6. The van der Waals surface area contributed by atoms with E-state index in [0.717, 1.165) is 0 Å². The number of aromatic nitrogens is 3. The Balaban J connectivity index is 2.06. The molecule has 0 spiro atoms. The summed E-state index contributed by atoms with van der Waals surface area (Å²) < 4.78 is 60.0. The summed E-state index contributed by atoms with van der Waals surface area (Å²) in [6.07, 6.45) is -5.14. The van der Waals surface area contributed by atoms with Crippen LogP contribution >= 0.6 is 0 Å². The van der Waals surface area contributed by atoms with E-state index in [-0.39, 0.29) is 30.0 Å². The molecule has 3 aromatic rings. The number of carbonyl (C=O) groups is 1. The minimum Gasteiger partial charge on any atom is -0.444 e. The Morgan fingerprint density at radius 3 is 2.47 bits per heavy atom. The normalized spacial score (nSPS) is 13.6. The second-order valence-electron chi connectivity index (χ2n) is 9.54. The summed E-state index contributed by atoms with van der Waals surface area (Å²) in [7, 11) is 0. The number of ether oxygens (including phenoxy) is 2. The molecule has 2 aromatic heterocycles. The van der Waals surface area contributed by atoms with Crippen molar-refractivity contribution in [1.82, 2.24) is 15.2 Å². The molecule has 9 nitrogen and oxygen atoms in total. The monoisotopic (exact) mass is 534 g/mol. The average Bonchev–Trinajstić information content (AvgIpc) is 3.30. The predicted octanol–water partition coefficient (Wildman–Crippen LogP) is 6.02. The molecule has 0 aliphatic heterocycles. The molecular formula is C26H29F3N4O5. The number of nitrogens with zero attached hydrogens (tertiary/aromatic N) is 2. The molecule has 0 radical (unpaired) electrons. The first-order chi connectivity index (χ1) is 17.8. The number of anilines is 1. The first-order valence-corrected chi connectivity index (χ1v) is 11.7. The average molecular weight is 535 g/mol. The zero-order valence-electron chi connectivity index (χ0n) is 21.4. The van der Waals surface area contributed by atoms with Crippen molar-refractivity contribution in [1.29, 1.82) is 0 Å². The zero-order valence-corrected chi connectivity index (χ0v) is 21.4. The maximum atomic E-state index is 14.6. The lowest BCUT2D eigenvalue weighted by Crippen LogP contribution is -2.45. The van der Waals surface area contributed by atoms with Crippen molar-refractivity contribution in [3.63, 3.8) is 0 Å². The van der Waals surface area contributed by atoms with Crippen LogP contribution < -0.4 is 10.9 Å². The number of aromatic amines is 1. The largest absolute Gasteiger partial charge is 0.444 e. The zero-order chi connectivity index (χ0) is 28.1. The number of pyridine rings is 1. The van der Waals surface area contributed by atoms with Gasteiger partial charge in [0.15, 0.2) is 0 Å². The lowest BCUT2D eigenvalue weighted by molar-refractivity contribution is -0.299. The van der Waals surface area contributed by atoms with Gasteiger partial charge < -0.3 is 18.9 Å². The Hall–Kier alpha value is -3.93. The summed E-state index contributed by atoms with van der Waals surface area (Å²) in [5.74, 6) is -1.32. The molecule has 3 rings (SSSR count). The fourth-order valence-corrected chi connectivity index (χ4v) is 3.47. The second-order valence-corrected chi connectivity index (χ2v) is 9.54. The van der Waals surface area contributed by atoms with Gasteiger partial charge >= 0.3 is 12.3 Å². The maximum Gasteiger partial charge on any atom is 0.426 e. The van der Waals surface area contributed by atoms with Crippen LogP contribution in [0.4, 0.5) is 23.7 Å². The van der Waals surface area contributed by atoms with E-state index in [0.29, 0.717) is 5.56 Å². The first-order valence-electron chi connectivity index (χ1n) is 11.7. The number of aryl methyl sites for hydroxylation is 1. The number of allylic oxidation sites excluding steroid dienone is 1. The van der Waals surface area contributed by atoms with Crippen molar-refractivity contribution in [2.45, 2.75) is 64.5 Å². The summed E-state index contributed by atoms with van der Waals surface area (Å²) in [6.45, 7) is 9.59.